The summed E-state index contributed by atoms with van der Waals surface area (Å²) in [6.07, 6.45) is 0.950. The highest BCUT2D eigenvalue weighted by Gasteiger charge is 2.50. The molecule has 4 rings (SSSR count). The predicted octanol–water partition coefficient (Wildman–Crippen LogP) is 4.53. The van der Waals surface area contributed by atoms with E-state index in [1.54, 1.807) is 0 Å². The van der Waals surface area contributed by atoms with Crippen LogP contribution < -0.4 is 0 Å². The molecule has 0 spiro atoms. The first-order valence-corrected chi connectivity index (χ1v) is 9.81. The molecule has 2 aromatic carbocycles. The number of nitrogens with zero attached hydrogens (tertiary/aromatic N) is 3. The Bertz CT molecular complexity index is 944. The molecule has 0 radical (unpaired) electrons. The van der Waals surface area contributed by atoms with E-state index >= 15 is 0 Å². The SMILES string of the molecule is OCCCc1nc(C2(c3ccc(Cl)cc3)CC(F)C2)nnc1-c1ccccc1. The van der Waals surface area contributed by atoms with Crippen molar-refractivity contribution >= 4 is 11.6 Å². The van der Waals surface area contributed by atoms with Crippen LogP contribution in [-0.4, -0.2) is 33.1 Å². The predicted molar refractivity (Wildman–Crippen MR) is 107 cm³/mol. The molecule has 28 heavy (non-hydrogen) atoms. The molecule has 1 saturated carbocycles. The van der Waals surface area contributed by atoms with Gasteiger partial charge in [0.1, 0.15) is 11.9 Å². The number of rotatable bonds is 6. The molecule has 6 heteroatoms. The number of alkyl halides is 1. The zero-order chi connectivity index (χ0) is 19.6. The van der Waals surface area contributed by atoms with E-state index in [1.165, 1.54) is 0 Å². The number of aryl methyl sites for hydroxylation is 1. The van der Waals surface area contributed by atoms with Crippen molar-refractivity contribution in [3.8, 4) is 11.3 Å². The normalized spacial score (nSPS) is 21.3. The smallest absolute Gasteiger partial charge is 0.161 e. The lowest BCUT2D eigenvalue weighted by molar-refractivity contribution is 0.116. The quantitative estimate of drug-likeness (QED) is 0.663. The Hall–Kier alpha value is -2.37. The summed E-state index contributed by atoms with van der Waals surface area (Å²) in [5.41, 5.74) is 2.79. The molecule has 4 nitrogen and oxygen atoms in total. The van der Waals surface area contributed by atoms with E-state index in [4.69, 9.17) is 16.6 Å². The molecule has 1 aliphatic rings. The van der Waals surface area contributed by atoms with Crippen molar-refractivity contribution in [3.63, 3.8) is 0 Å². The molecular formula is C22H21ClFN3O. The van der Waals surface area contributed by atoms with Gasteiger partial charge in [-0.05, 0) is 43.4 Å². The summed E-state index contributed by atoms with van der Waals surface area (Å²) in [6.45, 7) is 0.0719. The second-order valence-electron chi connectivity index (χ2n) is 7.22. The van der Waals surface area contributed by atoms with Crippen molar-refractivity contribution in [3.05, 3.63) is 76.7 Å². The standard InChI is InChI=1S/C22H21ClFN3O/c23-17-10-8-16(9-11-17)22(13-18(24)14-22)21-25-19(7-4-12-28)20(26-27-21)15-5-2-1-3-6-15/h1-3,5-6,8-11,18,28H,4,7,12-14H2. The molecule has 0 amide bonds. The largest absolute Gasteiger partial charge is 0.396 e. The molecule has 0 saturated heterocycles. The van der Waals surface area contributed by atoms with Crippen LogP contribution in [-0.2, 0) is 11.8 Å². The van der Waals surface area contributed by atoms with Gasteiger partial charge in [0, 0.05) is 17.2 Å². The minimum absolute atomic E-state index is 0.0719. The van der Waals surface area contributed by atoms with Crippen LogP contribution in [0.2, 0.25) is 5.02 Å². The lowest BCUT2D eigenvalue weighted by atomic mass is 9.62. The Labute approximate surface area is 168 Å². The third-order valence-electron chi connectivity index (χ3n) is 5.34. The summed E-state index contributed by atoms with van der Waals surface area (Å²) in [5.74, 6) is 0.538. The molecule has 0 unspecified atom stereocenters. The van der Waals surface area contributed by atoms with E-state index in [0.29, 0.717) is 42.2 Å². The fraction of sp³-hybridized carbons (Fsp3) is 0.318. The Morgan fingerprint density at radius 1 is 1.04 bits per heavy atom. The molecular weight excluding hydrogens is 377 g/mol. The highest BCUT2D eigenvalue weighted by atomic mass is 35.5. The Balaban J connectivity index is 1.79. The van der Waals surface area contributed by atoms with E-state index in [0.717, 1.165) is 16.8 Å². The molecule has 0 bridgehead atoms. The average molecular weight is 398 g/mol. The minimum Gasteiger partial charge on any atom is -0.396 e. The van der Waals surface area contributed by atoms with Crippen LogP contribution in [0.5, 0.6) is 0 Å². The third kappa shape index (κ3) is 3.52. The van der Waals surface area contributed by atoms with Gasteiger partial charge in [-0.3, -0.25) is 0 Å². The molecule has 1 aliphatic carbocycles. The maximum Gasteiger partial charge on any atom is 0.161 e. The second kappa shape index (κ2) is 7.94. The van der Waals surface area contributed by atoms with Gasteiger partial charge in [-0.25, -0.2) is 9.37 Å². The summed E-state index contributed by atoms with van der Waals surface area (Å²) in [4.78, 5) is 4.83. The van der Waals surface area contributed by atoms with Gasteiger partial charge in [0.05, 0.1) is 11.1 Å². The van der Waals surface area contributed by atoms with Gasteiger partial charge < -0.3 is 5.11 Å². The highest BCUT2D eigenvalue weighted by molar-refractivity contribution is 6.30. The maximum atomic E-state index is 14.0. The number of hydrogen-bond donors (Lipinski definition) is 1. The summed E-state index contributed by atoms with van der Waals surface area (Å²) in [6, 6.07) is 17.2. The molecule has 1 heterocycles. The van der Waals surface area contributed by atoms with Crippen molar-refractivity contribution in [1.29, 1.82) is 0 Å². The number of aliphatic hydroxyl groups excluding tert-OH is 1. The zero-order valence-electron chi connectivity index (χ0n) is 15.4. The van der Waals surface area contributed by atoms with Crippen LogP contribution in [0.15, 0.2) is 54.6 Å². The molecule has 144 valence electrons. The molecule has 1 N–H and O–H groups in total. The van der Waals surface area contributed by atoms with Crippen molar-refractivity contribution in [1.82, 2.24) is 15.2 Å². The topological polar surface area (TPSA) is 58.9 Å². The van der Waals surface area contributed by atoms with Crippen LogP contribution in [0.25, 0.3) is 11.3 Å². The van der Waals surface area contributed by atoms with Gasteiger partial charge in [-0.15, -0.1) is 10.2 Å². The van der Waals surface area contributed by atoms with Crippen molar-refractivity contribution in [2.75, 3.05) is 6.61 Å². The van der Waals surface area contributed by atoms with Gasteiger partial charge >= 0.3 is 0 Å². The first-order chi connectivity index (χ1) is 13.6. The maximum absolute atomic E-state index is 14.0. The number of halogens is 2. The Morgan fingerprint density at radius 2 is 1.75 bits per heavy atom. The van der Waals surface area contributed by atoms with Crippen LogP contribution in [0, 0.1) is 0 Å². The molecule has 1 aromatic heterocycles. The summed E-state index contributed by atoms with van der Waals surface area (Å²) >= 11 is 6.03. The van der Waals surface area contributed by atoms with Crippen LogP contribution >= 0.6 is 11.6 Å². The van der Waals surface area contributed by atoms with Gasteiger partial charge in [0.25, 0.3) is 0 Å². The zero-order valence-corrected chi connectivity index (χ0v) is 16.1. The average Bonchev–Trinajstić information content (AvgIpc) is 2.71. The molecule has 3 aromatic rings. The first-order valence-electron chi connectivity index (χ1n) is 9.43. The van der Waals surface area contributed by atoms with Crippen LogP contribution in [0.3, 0.4) is 0 Å². The number of hydrogen-bond acceptors (Lipinski definition) is 4. The highest BCUT2D eigenvalue weighted by Crippen LogP contribution is 2.49. The monoisotopic (exact) mass is 397 g/mol. The van der Waals surface area contributed by atoms with E-state index in [-0.39, 0.29) is 6.61 Å². The van der Waals surface area contributed by atoms with Crippen molar-refractivity contribution in [2.45, 2.75) is 37.3 Å². The van der Waals surface area contributed by atoms with Gasteiger partial charge in [0.15, 0.2) is 5.82 Å². The van der Waals surface area contributed by atoms with Gasteiger partial charge in [-0.2, -0.15) is 0 Å². The summed E-state index contributed by atoms with van der Waals surface area (Å²) in [5, 5.41) is 18.8. The number of benzene rings is 2. The van der Waals surface area contributed by atoms with Crippen molar-refractivity contribution in [2.24, 2.45) is 0 Å². The second-order valence-corrected chi connectivity index (χ2v) is 7.65. The lowest BCUT2D eigenvalue weighted by Gasteiger charge is -2.43. The van der Waals surface area contributed by atoms with Crippen molar-refractivity contribution < 1.29 is 9.50 Å². The van der Waals surface area contributed by atoms with E-state index in [1.807, 2.05) is 54.6 Å². The van der Waals surface area contributed by atoms with Crippen LogP contribution in [0.4, 0.5) is 4.39 Å². The molecule has 1 fully saturated rings. The lowest BCUT2D eigenvalue weighted by Crippen LogP contribution is -2.45. The Kier molecular flexibility index (Phi) is 5.38. The van der Waals surface area contributed by atoms with E-state index in [9.17, 15) is 9.50 Å². The summed E-state index contributed by atoms with van der Waals surface area (Å²) in [7, 11) is 0. The minimum atomic E-state index is -0.881. The molecule has 0 aliphatic heterocycles. The van der Waals surface area contributed by atoms with E-state index < -0.39 is 11.6 Å². The number of aliphatic hydroxyl groups is 1. The van der Waals surface area contributed by atoms with Gasteiger partial charge in [0.2, 0.25) is 0 Å². The molecule has 0 atom stereocenters. The fourth-order valence-electron chi connectivity index (χ4n) is 3.81. The first kappa shape index (κ1) is 19.0. The summed E-state index contributed by atoms with van der Waals surface area (Å²) < 4.78 is 14.0. The van der Waals surface area contributed by atoms with Gasteiger partial charge in [-0.1, -0.05) is 54.1 Å². The number of aromatic nitrogens is 3. The Morgan fingerprint density at radius 3 is 2.39 bits per heavy atom. The van der Waals surface area contributed by atoms with Crippen LogP contribution in [0.1, 0.15) is 36.3 Å². The van der Waals surface area contributed by atoms with E-state index in [2.05, 4.69) is 10.2 Å². The fourth-order valence-corrected chi connectivity index (χ4v) is 3.94. The third-order valence-corrected chi connectivity index (χ3v) is 5.59.